The lowest BCUT2D eigenvalue weighted by Gasteiger charge is -2.10. The molecule has 2 N–H and O–H groups in total. The van der Waals surface area contributed by atoms with Crippen molar-refractivity contribution in [3.05, 3.63) is 44.9 Å². The fourth-order valence-electron chi connectivity index (χ4n) is 1.92. The summed E-state index contributed by atoms with van der Waals surface area (Å²) in [5, 5.41) is 4.17. The van der Waals surface area contributed by atoms with Gasteiger partial charge < -0.3 is 5.73 Å². The van der Waals surface area contributed by atoms with Gasteiger partial charge in [-0.2, -0.15) is 0 Å². The molecule has 1 unspecified atom stereocenters. The van der Waals surface area contributed by atoms with Gasteiger partial charge in [0.25, 0.3) is 0 Å². The van der Waals surface area contributed by atoms with Gasteiger partial charge in [-0.05, 0) is 42.1 Å². The van der Waals surface area contributed by atoms with Crippen LogP contribution in [0, 0.1) is 0 Å². The molecule has 0 aliphatic rings. The molecule has 2 rings (SSSR count). The standard InChI is InChI=1S/C13H16BrN3S/c1-2-4-12-13(18-17-16-12)11(15)8-9-5-3-6-10(14)7-9/h3,5-7,11H,2,4,8,15H2,1H3. The van der Waals surface area contributed by atoms with Crippen LogP contribution in [0.2, 0.25) is 0 Å². The Hall–Kier alpha value is -0.780. The molecule has 0 saturated heterocycles. The minimum atomic E-state index is -0.0131. The van der Waals surface area contributed by atoms with Crippen LogP contribution in [0.15, 0.2) is 28.7 Å². The largest absolute Gasteiger partial charge is 0.323 e. The van der Waals surface area contributed by atoms with Crippen LogP contribution in [0.5, 0.6) is 0 Å². The Morgan fingerprint density at radius 3 is 3.00 bits per heavy atom. The first-order chi connectivity index (χ1) is 8.70. The molecule has 18 heavy (non-hydrogen) atoms. The summed E-state index contributed by atoms with van der Waals surface area (Å²) < 4.78 is 5.11. The van der Waals surface area contributed by atoms with E-state index in [1.165, 1.54) is 17.1 Å². The number of aromatic nitrogens is 2. The molecular weight excluding hydrogens is 310 g/mol. The Morgan fingerprint density at radius 1 is 1.44 bits per heavy atom. The summed E-state index contributed by atoms with van der Waals surface area (Å²) in [6, 6.07) is 8.24. The molecule has 0 amide bonds. The zero-order valence-corrected chi connectivity index (χ0v) is 12.7. The molecule has 0 spiro atoms. The first-order valence-electron chi connectivity index (χ1n) is 6.02. The summed E-state index contributed by atoms with van der Waals surface area (Å²) in [6.07, 6.45) is 2.85. The average molecular weight is 326 g/mol. The molecule has 0 fully saturated rings. The van der Waals surface area contributed by atoms with Crippen LogP contribution in [-0.4, -0.2) is 9.59 Å². The van der Waals surface area contributed by atoms with Crippen LogP contribution in [0.25, 0.3) is 0 Å². The summed E-state index contributed by atoms with van der Waals surface area (Å²) in [4.78, 5) is 1.12. The number of rotatable bonds is 5. The second-order valence-electron chi connectivity index (χ2n) is 4.27. The summed E-state index contributed by atoms with van der Waals surface area (Å²) in [5.41, 5.74) is 8.56. The van der Waals surface area contributed by atoms with Crippen molar-refractivity contribution in [3.8, 4) is 0 Å². The minimum absolute atomic E-state index is 0.0131. The van der Waals surface area contributed by atoms with Crippen molar-refractivity contribution >= 4 is 27.5 Å². The van der Waals surface area contributed by atoms with Gasteiger partial charge in [0.15, 0.2) is 0 Å². The van der Waals surface area contributed by atoms with Gasteiger partial charge in [-0.1, -0.05) is 45.9 Å². The molecular formula is C13H16BrN3S. The van der Waals surface area contributed by atoms with E-state index in [2.05, 4.69) is 44.6 Å². The van der Waals surface area contributed by atoms with Crippen molar-refractivity contribution in [2.24, 2.45) is 5.73 Å². The normalized spacial score (nSPS) is 12.6. The molecule has 1 atom stereocenters. The number of nitrogens with two attached hydrogens (primary N) is 1. The summed E-state index contributed by atoms with van der Waals surface area (Å²) >= 11 is 4.90. The Balaban J connectivity index is 2.11. The molecule has 1 heterocycles. The van der Waals surface area contributed by atoms with Gasteiger partial charge in [-0.3, -0.25) is 0 Å². The van der Waals surface area contributed by atoms with E-state index in [0.29, 0.717) is 0 Å². The third-order valence-electron chi connectivity index (χ3n) is 2.75. The lowest BCUT2D eigenvalue weighted by molar-refractivity contribution is 0.714. The molecule has 5 heteroatoms. The van der Waals surface area contributed by atoms with E-state index < -0.39 is 0 Å². The van der Waals surface area contributed by atoms with Gasteiger partial charge in [0.05, 0.1) is 10.6 Å². The van der Waals surface area contributed by atoms with Crippen LogP contribution in [0.4, 0.5) is 0 Å². The highest BCUT2D eigenvalue weighted by Crippen LogP contribution is 2.24. The molecule has 0 radical (unpaired) electrons. The van der Waals surface area contributed by atoms with E-state index in [9.17, 15) is 0 Å². The van der Waals surface area contributed by atoms with Crippen molar-refractivity contribution < 1.29 is 0 Å². The highest BCUT2D eigenvalue weighted by molar-refractivity contribution is 9.10. The highest BCUT2D eigenvalue weighted by Gasteiger charge is 2.15. The number of hydrogen-bond donors (Lipinski definition) is 1. The summed E-state index contributed by atoms with van der Waals surface area (Å²) in [5.74, 6) is 0. The number of benzene rings is 1. The van der Waals surface area contributed by atoms with Gasteiger partial charge >= 0.3 is 0 Å². The first-order valence-corrected chi connectivity index (χ1v) is 7.58. The smallest absolute Gasteiger partial charge is 0.0803 e. The van der Waals surface area contributed by atoms with Crippen LogP contribution in [0.1, 0.15) is 35.5 Å². The number of halogens is 1. The van der Waals surface area contributed by atoms with Crippen LogP contribution in [0.3, 0.4) is 0 Å². The summed E-state index contributed by atoms with van der Waals surface area (Å²) in [6.45, 7) is 2.14. The molecule has 2 aromatic rings. The second kappa shape index (κ2) is 6.41. The van der Waals surface area contributed by atoms with Crippen molar-refractivity contribution in [2.75, 3.05) is 0 Å². The van der Waals surface area contributed by atoms with Crippen LogP contribution >= 0.6 is 27.5 Å². The third-order valence-corrected chi connectivity index (χ3v) is 4.14. The molecule has 3 nitrogen and oxygen atoms in total. The maximum atomic E-state index is 6.27. The van der Waals surface area contributed by atoms with E-state index >= 15 is 0 Å². The third kappa shape index (κ3) is 3.37. The van der Waals surface area contributed by atoms with E-state index in [4.69, 9.17) is 5.73 Å². The van der Waals surface area contributed by atoms with Crippen molar-refractivity contribution in [1.29, 1.82) is 0 Å². The Bertz CT molecular complexity index is 512. The molecule has 0 saturated carbocycles. The Morgan fingerprint density at radius 2 is 2.28 bits per heavy atom. The molecule has 0 aliphatic carbocycles. The van der Waals surface area contributed by atoms with Crippen molar-refractivity contribution in [1.82, 2.24) is 9.59 Å². The number of aryl methyl sites for hydroxylation is 1. The zero-order chi connectivity index (χ0) is 13.0. The van der Waals surface area contributed by atoms with Crippen molar-refractivity contribution in [3.63, 3.8) is 0 Å². The predicted octanol–water partition coefficient (Wildman–Crippen LogP) is 3.50. The fraction of sp³-hybridized carbons (Fsp3) is 0.385. The fourth-order valence-corrected chi connectivity index (χ4v) is 3.06. The van der Waals surface area contributed by atoms with E-state index in [1.54, 1.807) is 0 Å². The second-order valence-corrected chi connectivity index (χ2v) is 5.98. The van der Waals surface area contributed by atoms with Gasteiger partial charge in [-0.15, -0.1) is 5.10 Å². The summed E-state index contributed by atoms with van der Waals surface area (Å²) in [7, 11) is 0. The monoisotopic (exact) mass is 325 g/mol. The maximum Gasteiger partial charge on any atom is 0.0803 e. The first kappa shape index (κ1) is 13.6. The van der Waals surface area contributed by atoms with E-state index in [0.717, 1.165) is 34.3 Å². The lowest BCUT2D eigenvalue weighted by Crippen LogP contribution is -2.13. The zero-order valence-electron chi connectivity index (χ0n) is 10.3. The Labute approximate surface area is 120 Å². The lowest BCUT2D eigenvalue weighted by atomic mass is 10.0. The highest BCUT2D eigenvalue weighted by atomic mass is 79.9. The number of hydrogen-bond acceptors (Lipinski definition) is 4. The molecule has 96 valence electrons. The quantitative estimate of drug-likeness (QED) is 0.915. The van der Waals surface area contributed by atoms with Gasteiger partial charge in [0.1, 0.15) is 0 Å². The number of nitrogens with zero attached hydrogens (tertiary/aromatic N) is 2. The Kier molecular flexibility index (Phi) is 4.86. The SMILES string of the molecule is CCCc1nnsc1C(N)Cc1cccc(Br)c1. The van der Waals surface area contributed by atoms with Gasteiger partial charge in [0.2, 0.25) is 0 Å². The van der Waals surface area contributed by atoms with Gasteiger partial charge in [0, 0.05) is 10.5 Å². The average Bonchev–Trinajstić information content (AvgIpc) is 2.78. The minimum Gasteiger partial charge on any atom is -0.323 e. The van der Waals surface area contributed by atoms with E-state index in [1.807, 2.05) is 12.1 Å². The van der Waals surface area contributed by atoms with Crippen LogP contribution in [-0.2, 0) is 12.8 Å². The molecule has 0 aliphatic heterocycles. The van der Waals surface area contributed by atoms with Crippen LogP contribution < -0.4 is 5.73 Å². The topological polar surface area (TPSA) is 51.8 Å². The van der Waals surface area contributed by atoms with Crippen molar-refractivity contribution in [2.45, 2.75) is 32.2 Å². The van der Waals surface area contributed by atoms with Gasteiger partial charge in [-0.25, -0.2) is 0 Å². The predicted molar refractivity (Wildman–Crippen MR) is 78.7 cm³/mol. The maximum absolute atomic E-state index is 6.27. The molecule has 1 aromatic carbocycles. The van der Waals surface area contributed by atoms with E-state index in [-0.39, 0.29) is 6.04 Å². The molecule has 0 bridgehead atoms. The molecule has 1 aromatic heterocycles.